The second-order valence-corrected chi connectivity index (χ2v) is 15.1. The molecule has 0 aliphatic heterocycles. The van der Waals surface area contributed by atoms with E-state index in [9.17, 15) is 19.8 Å². The maximum atomic E-state index is 12.4. The van der Waals surface area contributed by atoms with Crippen LogP contribution in [0.1, 0.15) is 77.6 Å². The first-order valence-electron chi connectivity index (χ1n) is 12.3. The lowest BCUT2D eigenvalue weighted by molar-refractivity contribution is -0.122. The monoisotopic (exact) mass is 464 g/mol. The molecular weight excluding hydrogens is 420 g/mol. The number of carbonyl (C=O) groups is 2. The third-order valence-electron chi connectivity index (χ3n) is 6.06. The molecule has 0 amide bonds. The van der Waals surface area contributed by atoms with Gasteiger partial charge in [-0.25, -0.2) is 0 Å². The zero-order chi connectivity index (χ0) is 24.2. The van der Waals surface area contributed by atoms with Crippen LogP contribution in [-0.2, 0) is 9.59 Å². The van der Waals surface area contributed by atoms with E-state index in [0.29, 0.717) is 19.3 Å². The number of aliphatic hydroxyl groups excluding tert-OH is 2. The Labute approximate surface area is 195 Å². The van der Waals surface area contributed by atoms with Crippen LogP contribution in [-0.4, -0.2) is 53.3 Å². The number of carbonyl (C=O) groups excluding carboxylic acids is 2. The first kappa shape index (κ1) is 28.8. The fraction of sp³-hybridized carbons (Fsp3) is 0.769. The van der Waals surface area contributed by atoms with Crippen molar-refractivity contribution in [2.24, 2.45) is 11.8 Å². The van der Waals surface area contributed by atoms with Crippen LogP contribution in [0.25, 0.3) is 0 Å². The van der Waals surface area contributed by atoms with Gasteiger partial charge in [-0.15, -0.1) is 5.54 Å². The van der Waals surface area contributed by atoms with Gasteiger partial charge in [-0.2, -0.15) is 0 Å². The molecule has 1 fully saturated rings. The average Bonchev–Trinajstić information content (AvgIpc) is 2.99. The molecule has 3 N–H and O–H groups in total. The Morgan fingerprint density at radius 1 is 1.19 bits per heavy atom. The van der Waals surface area contributed by atoms with Crippen LogP contribution < -0.4 is 0 Å². The minimum Gasteiger partial charge on any atom is -0.392 e. The molecule has 0 spiro atoms. The summed E-state index contributed by atoms with van der Waals surface area (Å²) in [7, 11) is -1.60. The predicted octanol–water partition coefficient (Wildman–Crippen LogP) is 4.20. The summed E-state index contributed by atoms with van der Waals surface area (Å²) in [6, 6.07) is 0. The van der Waals surface area contributed by atoms with Crippen molar-refractivity contribution in [1.29, 1.82) is 0 Å². The van der Waals surface area contributed by atoms with E-state index in [-0.39, 0.29) is 36.4 Å². The summed E-state index contributed by atoms with van der Waals surface area (Å²) in [5.41, 5.74) is 2.24. The fourth-order valence-corrected chi connectivity index (χ4v) is 4.73. The minimum atomic E-state index is -1.60. The molecule has 1 saturated carbocycles. The number of ketones is 2. The van der Waals surface area contributed by atoms with Crippen molar-refractivity contribution in [1.82, 2.24) is 0 Å². The third-order valence-corrected chi connectivity index (χ3v) is 6.93. The first-order valence-corrected chi connectivity index (χ1v) is 15.8. The summed E-state index contributed by atoms with van der Waals surface area (Å²) in [5.74, 6) is 2.73. The molecule has 0 aromatic carbocycles. The number of rotatable bonds is 14. The number of unbranched alkanes of at least 4 members (excludes halogenated alkanes) is 4. The molecule has 1 rings (SSSR count). The molecule has 6 heteroatoms. The van der Waals surface area contributed by atoms with Crippen LogP contribution in [0.2, 0.25) is 19.6 Å². The molecule has 4 atom stereocenters. The Morgan fingerprint density at radius 2 is 1.88 bits per heavy atom. The summed E-state index contributed by atoms with van der Waals surface area (Å²) >= 11 is 0. The quantitative estimate of drug-likeness (QED) is 0.155. The normalized spacial score (nSPS) is 23.2. The van der Waals surface area contributed by atoms with Gasteiger partial charge in [-0.3, -0.25) is 9.59 Å². The molecule has 5 nitrogen and oxygen atoms in total. The summed E-state index contributed by atoms with van der Waals surface area (Å²) in [6.07, 6.45) is 10.9. The Kier molecular flexibility index (Phi) is 12.7. The maximum absolute atomic E-state index is 12.4. The maximum Gasteiger partial charge on any atom is 0.158 e. The molecular formula is C26H44O5Si. The van der Waals surface area contributed by atoms with Gasteiger partial charge in [0.1, 0.15) is 26.1 Å². The van der Waals surface area contributed by atoms with Crippen molar-refractivity contribution in [2.45, 2.75) is 109 Å². The highest BCUT2D eigenvalue weighted by Gasteiger charge is 2.39. The van der Waals surface area contributed by atoms with E-state index in [1.807, 2.05) is 12.2 Å². The van der Waals surface area contributed by atoms with Gasteiger partial charge in [0.25, 0.3) is 0 Å². The molecule has 0 radical (unpaired) electrons. The van der Waals surface area contributed by atoms with E-state index in [4.69, 9.17) is 5.11 Å². The standard InChI is InChI=1S/C26H44O5Si/c1-5-6-15-26(31,17-18-32(2,3)4)16-11-14-23-22(24(29)19-25(23)30)13-10-8-7-9-12-21(28)20-27/h11,14,22-23,25,27,30-31H,5-10,12-13,15-16,19-20H2,1-4H3/b14-11+/t22-,23-,25-,26?/m1/s1. The number of aliphatic hydroxyl groups is 3. The topological polar surface area (TPSA) is 94.8 Å². The second-order valence-electron chi connectivity index (χ2n) is 10.3. The van der Waals surface area contributed by atoms with E-state index in [1.165, 1.54) is 0 Å². The highest BCUT2D eigenvalue weighted by Crippen LogP contribution is 2.34. The van der Waals surface area contributed by atoms with Crippen LogP contribution in [0.3, 0.4) is 0 Å². The lowest BCUT2D eigenvalue weighted by atomic mass is 9.87. The van der Waals surface area contributed by atoms with E-state index >= 15 is 0 Å². The highest BCUT2D eigenvalue weighted by molar-refractivity contribution is 6.83. The predicted molar refractivity (Wildman–Crippen MR) is 132 cm³/mol. The van der Waals surface area contributed by atoms with E-state index in [2.05, 4.69) is 38.0 Å². The fourth-order valence-electron chi connectivity index (χ4n) is 4.12. The lowest BCUT2D eigenvalue weighted by Crippen LogP contribution is -2.28. The van der Waals surface area contributed by atoms with Crippen molar-refractivity contribution in [3.8, 4) is 11.5 Å². The van der Waals surface area contributed by atoms with Gasteiger partial charge >= 0.3 is 0 Å². The smallest absolute Gasteiger partial charge is 0.158 e. The minimum absolute atomic E-state index is 0.113. The SMILES string of the molecule is CCCCC(O)(C#C[Si](C)(C)C)C/C=C/[C@H]1[C@H](O)CC(=O)[C@@H]1CCCCCCC(=O)CO. The Balaban J connectivity index is 2.67. The van der Waals surface area contributed by atoms with E-state index < -0.39 is 19.8 Å². The van der Waals surface area contributed by atoms with Gasteiger partial charge in [0.2, 0.25) is 0 Å². The largest absolute Gasteiger partial charge is 0.392 e. The molecule has 0 bridgehead atoms. The molecule has 32 heavy (non-hydrogen) atoms. The van der Waals surface area contributed by atoms with Crippen molar-refractivity contribution in [3.05, 3.63) is 12.2 Å². The number of hydrogen-bond acceptors (Lipinski definition) is 5. The van der Waals surface area contributed by atoms with Gasteiger partial charge in [-0.05, 0) is 25.7 Å². The number of Topliss-reactive ketones (excluding diaryl/α,β-unsaturated/α-hetero) is 2. The zero-order valence-corrected chi connectivity index (χ0v) is 21.5. The first-order chi connectivity index (χ1) is 15.0. The summed E-state index contributed by atoms with van der Waals surface area (Å²) in [5, 5.41) is 30.2. The number of hydrogen-bond donors (Lipinski definition) is 3. The molecule has 0 aromatic rings. The van der Waals surface area contributed by atoms with Gasteiger partial charge in [0, 0.05) is 31.1 Å². The highest BCUT2D eigenvalue weighted by atomic mass is 28.3. The van der Waals surface area contributed by atoms with Crippen LogP contribution in [0.4, 0.5) is 0 Å². The molecule has 1 unspecified atom stereocenters. The molecule has 1 aliphatic rings. The van der Waals surface area contributed by atoms with Crippen LogP contribution in [0.15, 0.2) is 12.2 Å². The molecule has 182 valence electrons. The van der Waals surface area contributed by atoms with E-state index in [1.54, 1.807) is 0 Å². The molecule has 0 aromatic heterocycles. The Bertz CT molecular complexity index is 685. The summed E-state index contributed by atoms with van der Waals surface area (Å²) in [6.45, 7) is 8.18. The van der Waals surface area contributed by atoms with Gasteiger partial charge < -0.3 is 15.3 Å². The molecule has 0 heterocycles. The van der Waals surface area contributed by atoms with Crippen LogP contribution in [0.5, 0.6) is 0 Å². The second kappa shape index (κ2) is 14.1. The molecule has 0 saturated heterocycles. The zero-order valence-electron chi connectivity index (χ0n) is 20.5. The van der Waals surface area contributed by atoms with Gasteiger partial charge in [0.15, 0.2) is 5.78 Å². The lowest BCUT2D eigenvalue weighted by Gasteiger charge is -2.22. The average molecular weight is 465 g/mol. The van der Waals surface area contributed by atoms with Crippen molar-refractivity contribution < 1.29 is 24.9 Å². The van der Waals surface area contributed by atoms with Gasteiger partial charge in [-0.1, -0.05) is 70.3 Å². The van der Waals surface area contributed by atoms with E-state index in [0.717, 1.165) is 44.9 Å². The third kappa shape index (κ3) is 11.0. The molecule has 1 aliphatic carbocycles. The van der Waals surface area contributed by atoms with Crippen LogP contribution >= 0.6 is 0 Å². The van der Waals surface area contributed by atoms with Gasteiger partial charge in [0.05, 0.1) is 6.10 Å². The van der Waals surface area contributed by atoms with Crippen molar-refractivity contribution >= 4 is 19.6 Å². The van der Waals surface area contributed by atoms with Crippen LogP contribution in [0, 0.1) is 23.3 Å². The Morgan fingerprint density at radius 3 is 2.50 bits per heavy atom. The summed E-state index contributed by atoms with van der Waals surface area (Å²) < 4.78 is 0. The van der Waals surface area contributed by atoms with Crippen molar-refractivity contribution in [2.75, 3.05) is 6.61 Å². The Hall–Kier alpha value is -1.26. The summed E-state index contributed by atoms with van der Waals surface area (Å²) in [4.78, 5) is 23.6. The van der Waals surface area contributed by atoms with Crippen molar-refractivity contribution in [3.63, 3.8) is 0 Å².